The second kappa shape index (κ2) is 10.9. The molecular weight excluding hydrogens is 390 g/mol. The minimum atomic E-state index is -3.64. The molecule has 2 rings (SSSR count). The van der Waals surface area contributed by atoms with Gasteiger partial charge in [0, 0.05) is 25.2 Å². The first-order valence-corrected chi connectivity index (χ1v) is 9.66. The summed E-state index contributed by atoms with van der Waals surface area (Å²) >= 11 is 0. The van der Waals surface area contributed by atoms with Gasteiger partial charge in [-0.05, 0) is 36.2 Å². The van der Waals surface area contributed by atoms with Crippen molar-refractivity contribution in [2.75, 3.05) is 25.5 Å². The Balaban J connectivity index is 0.00000364. The van der Waals surface area contributed by atoms with E-state index in [1.165, 1.54) is 12.1 Å². The highest BCUT2D eigenvalue weighted by Crippen LogP contribution is 2.20. The van der Waals surface area contributed by atoms with Gasteiger partial charge in [0.2, 0.25) is 15.9 Å². The summed E-state index contributed by atoms with van der Waals surface area (Å²) in [5.41, 5.74) is 6.68. The number of nitrogens with two attached hydrogens (primary N) is 1. The van der Waals surface area contributed by atoms with Gasteiger partial charge < -0.3 is 15.8 Å². The second-order valence-electron chi connectivity index (χ2n) is 5.57. The number of amides is 1. The molecular formula is C18H24ClN3O4S. The van der Waals surface area contributed by atoms with Crippen molar-refractivity contribution >= 4 is 34.0 Å². The lowest BCUT2D eigenvalue weighted by Crippen LogP contribution is -2.29. The minimum Gasteiger partial charge on any atom is -0.496 e. The van der Waals surface area contributed by atoms with Gasteiger partial charge in [0.25, 0.3) is 0 Å². The third-order valence-electron chi connectivity index (χ3n) is 3.68. The van der Waals surface area contributed by atoms with Crippen LogP contribution in [0.2, 0.25) is 0 Å². The molecule has 148 valence electrons. The van der Waals surface area contributed by atoms with Gasteiger partial charge in [-0.25, -0.2) is 13.1 Å². The van der Waals surface area contributed by atoms with Crippen molar-refractivity contribution in [2.24, 2.45) is 5.73 Å². The summed E-state index contributed by atoms with van der Waals surface area (Å²) in [6.45, 7) is 0.358. The summed E-state index contributed by atoms with van der Waals surface area (Å²) in [7, 11) is -2.06. The molecule has 0 fully saturated rings. The van der Waals surface area contributed by atoms with Crippen LogP contribution >= 0.6 is 12.4 Å². The van der Waals surface area contributed by atoms with Crippen LogP contribution in [0.15, 0.2) is 53.4 Å². The number of carbonyl (C=O) groups excluding carboxylic acids is 1. The van der Waals surface area contributed by atoms with E-state index in [0.29, 0.717) is 12.1 Å². The van der Waals surface area contributed by atoms with E-state index in [0.717, 1.165) is 11.3 Å². The van der Waals surface area contributed by atoms with Gasteiger partial charge in [0.15, 0.2) is 0 Å². The maximum Gasteiger partial charge on any atom is 0.240 e. The molecule has 4 N–H and O–H groups in total. The number of carbonyl (C=O) groups is 1. The number of rotatable bonds is 9. The molecule has 0 radical (unpaired) electrons. The minimum absolute atomic E-state index is 0. The Kier molecular flexibility index (Phi) is 9.23. The smallest absolute Gasteiger partial charge is 0.240 e. The van der Waals surface area contributed by atoms with E-state index >= 15 is 0 Å². The number of ether oxygens (including phenoxy) is 1. The molecule has 0 aliphatic carbocycles. The predicted octanol–water partition coefficient (Wildman–Crippen LogP) is 1.93. The Labute approximate surface area is 165 Å². The number of benzene rings is 2. The van der Waals surface area contributed by atoms with E-state index in [9.17, 15) is 13.2 Å². The van der Waals surface area contributed by atoms with Crippen molar-refractivity contribution < 1.29 is 17.9 Å². The monoisotopic (exact) mass is 413 g/mol. The molecule has 0 aliphatic heterocycles. The number of hydrogen-bond donors (Lipinski definition) is 3. The highest BCUT2D eigenvalue weighted by atomic mass is 35.5. The Morgan fingerprint density at radius 2 is 1.89 bits per heavy atom. The zero-order valence-electron chi connectivity index (χ0n) is 15.0. The summed E-state index contributed by atoms with van der Waals surface area (Å²) < 4.78 is 31.9. The summed E-state index contributed by atoms with van der Waals surface area (Å²) in [6.07, 6.45) is 0.772. The van der Waals surface area contributed by atoms with Crippen LogP contribution in [0, 0.1) is 0 Å². The van der Waals surface area contributed by atoms with Gasteiger partial charge in [-0.2, -0.15) is 0 Å². The molecule has 2 aromatic carbocycles. The van der Waals surface area contributed by atoms with Crippen LogP contribution in [-0.4, -0.2) is 34.5 Å². The standard InChI is InChI=1S/C18H23N3O4S.ClH/c1-25-17-8-3-2-5-14(17)9-10-18(22)21-15-6-4-7-16(13-15)26(23,24)20-12-11-19;/h2-8,13,20H,9-12,19H2,1H3,(H,21,22);1H. The number of methoxy groups -OCH3 is 1. The molecule has 0 atom stereocenters. The third-order valence-corrected chi connectivity index (χ3v) is 5.14. The lowest BCUT2D eigenvalue weighted by molar-refractivity contribution is -0.116. The fourth-order valence-electron chi connectivity index (χ4n) is 2.40. The fraction of sp³-hybridized carbons (Fsp3) is 0.278. The quantitative estimate of drug-likeness (QED) is 0.581. The number of nitrogens with one attached hydrogen (secondary N) is 2. The molecule has 0 saturated heterocycles. The number of anilines is 1. The Bertz CT molecular complexity index is 859. The van der Waals surface area contributed by atoms with Crippen LogP contribution in [0.1, 0.15) is 12.0 Å². The van der Waals surface area contributed by atoms with E-state index in [1.54, 1.807) is 19.2 Å². The average Bonchev–Trinajstić information content (AvgIpc) is 2.65. The summed E-state index contributed by atoms with van der Waals surface area (Å²) in [6, 6.07) is 13.6. The zero-order chi connectivity index (χ0) is 19.0. The normalized spacial score (nSPS) is 10.7. The van der Waals surface area contributed by atoms with Gasteiger partial charge in [0.05, 0.1) is 12.0 Å². The topological polar surface area (TPSA) is 111 Å². The SMILES string of the molecule is COc1ccccc1CCC(=O)Nc1cccc(S(=O)(=O)NCCN)c1.Cl. The maximum absolute atomic E-state index is 12.2. The highest BCUT2D eigenvalue weighted by molar-refractivity contribution is 7.89. The number of halogens is 1. The molecule has 2 aromatic rings. The van der Waals surface area contributed by atoms with Crippen molar-refractivity contribution in [1.82, 2.24) is 4.72 Å². The molecule has 27 heavy (non-hydrogen) atoms. The zero-order valence-corrected chi connectivity index (χ0v) is 16.6. The van der Waals surface area contributed by atoms with E-state index < -0.39 is 10.0 Å². The van der Waals surface area contributed by atoms with E-state index in [4.69, 9.17) is 10.5 Å². The highest BCUT2D eigenvalue weighted by Gasteiger charge is 2.14. The van der Waals surface area contributed by atoms with Crippen molar-refractivity contribution in [3.05, 3.63) is 54.1 Å². The second-order valence-corrected chi connectivity index (χ2v) is 7.34. The van der Waals surface area contributed by atoms with Gasteiger partial charge in [-0.1, -0.05) is 24.3 Å². The summed E-state index contributed by atoms with van der Waals surface area (Å²) in [4.78, 5) is 12.3. The first kappa shape index (κ1) is 22.9. The van der Waals surface area contributed by atoms with Crippen molar-refractivity contribution in [2.45, 2.75) is 17.7 Å². The fourth-order valence-corrected chi connectivity index (χ4v) is 3.49. The molecule has 0 spiro atoms. The van der Waals surface area contributed by atoms with Crippen LogP contribution < -0.4 is 20.5 Å². The molecule has 0 bridgehead atoms. The maximum atomic E-state index is 12.2. The number of hydrogen-bond acceptors (Lipinski definition) is 5. The molecule has 0 aliphatic rings. The predicted molar refractivity (Wildman–Crippen MR) is 108 cm³/mol. The van der Waals surface area contributed by atoms with Crippen LogP contribution in [0.25, 0.3) is 0 Å². The number of aryl methyl sites for hydroxylation is 1. The van der Waals surface area contributed by atoms with Crippen LogP contribution in [0.4, 0.5) is 5.69 Å². The van der Waals surface area contributed by atoms with Gasteiger partial charge in [0.1, 0.15) is 5.75 Å². The number of sulfonamides is 1. The largest absolute Gasteiger partial charge is 0.496 e. The summed E-state index contributed by atoms with van der Waals surface area (Å²) in [5, 5.41) is 2.72. The van der Waals surface area contributed by atoms with E-state index in [-0.39, 0.29) is 42.7 Å². The summed E-state index contributed by atoms with van der Waals surface area (Å²) in [5.74, 6) is 0.528. The lowest BCUT2D eigenvalue weighted by atomic mass is 10.1. The molecule has 7 nitrogen and oxygen atoms in total. The van der Waals surface area contributed by atoms with Crippen molar-refractivity contribution in [1.29, 1.82) is 0 Å². The molecule has 9 heteroatoms. The van der Waals surface area contributed by atoms with Crippen LogP contribution in [-0.2, 0) is 21.2 Å². The van der Waals surface area contributed by atoms with Crippen molar-refractivity contribution in [3.8, 4) is 5.75 Å². The van der Waals surface area contributed by atoms with Gasteiger partial charge >= 0.3 is 0 Å². The third kappa shape index (κ3) is 6.84. The Morgan fingerprint density at radius 1 is 1.15 bits per heavy atom. The van der Waals surface area contributed by atoms with Crippen LogP contribution in [0.3, 0.4) is 0 Å². The first-order valence-electron chi connectivity index (χ1n) is 8.18. The van der Waals surface area contributed by atoms with Gasteiger partial charge in [-0.3, -0.25) is 4.79 Å². The van der Waals surface area contributed by atoms with Crippen molar-refractivity contribution in [3.63, 3.8) is 0 Å². The molecule has 0 saturated carbocycles. The molecule has 1 amide bonds. The van der Waals surface area contributed by atoms with Crippen LogP contribution in [0.5, 0.6) is 5.75 Å². The average molecular weight is 414 g/mol. The molecule has 0 aromatic heterocycles. The lowest BCUT2D eigenvalue weighted by Gasteiger charge is -2.10. The Hall–Kier alpha value is -2.13. The van der Waals surface area contributed by atoms with E-state index in [1.807, 2.05) is 24.3 Å². The molecule has 0 heterocycles. The first-order chi connectivity index (χ1) is 12.5. The molecule has 0 unspecified atom stereocenters. The van der Waals surface area contributed by atoms with Gasteiger partial charge in [-0.15, -0.1) is 12.4 Å². The van der Waals surface area contributed by atoms with E-state index in [2.05, 4.69) is 10.0 Å². The Morgan fingerprint density at radius 3 is 2.59 bits per heavy atom. The number of para-hydroxylation sites is 1.